The van der Waals surface area contributed by atoms with Crippen LogP contribution in [0.2, 0.25) is 0 Å². The summed E-state index contributed by atoms with van der Waals surface area (Å²) < 4.78 is 0. The molecule has 1 N–H and O–H groups in total. The molecule has 1 unspecified atom stereocenters. The van der Waals surface area contributed by atoms with Gasteiger partial charge in [-0.05, 0) is 32.4 Å². The molecule has 1 saturated heterocycles. The SMILES string of the molecule is Cc1nccc(C2(C)CCCNC2)n1. The maximum absolute atomic E-state index is 4.52. The maximum atomic E-state index is 4.52. The second kappa shape index (κ2) is 3.65. The van der Waals surface area contributed by atoms with E-state index in [4.69, 9.17) is 0 Å². The molecule has 3 nitrogen and oxygen atoms in total. The van der Waals surface area contributed by atoms with Crippen LogP contribution in [0, 0.1) is 6.92 Å². The minimum atomic E-state index is 0.200. The van der Waals surface area contributed by atoms with Crippen molar-refractivity contribution in [2.75, 3.05) is 13.1 Å². The van der Waals surface area contributed by atoms with Gasteiger partial charge in [-0.25, -0.2) is 9.97 Å². The Morgan fingerprint density at radius 3 is 3.00 bits per heavy atom. The molecule has 0 amide bonds. The number of aryl methyl sites for hydroxylation is 1. The lowest BCUT2D eigenvalue weighted by Gasteiger charge is -2.33. The summed E-state index contributed by atoms with van der Waals surface area (Å²) in [4.78, 5) is 8.65. The molecule has 0 radical (unpaired) electrons. The third-order valence-electron chi connectivity index (χ3n) is 2.99. The fourth-order valence-electron chi connectivity index (χ4n) is 2.07. The zero-order chi connectivity index (χ0) is 10.0. The molecule has 1 aromatic rings. The second-order valence-electron chi connectivity index (χ2n) is 4.33. The largest absolute Gasteiger partial charge is 0.316 e. The predicted octanol–water partition coefficient (Wildman–Crippen LogP) is 1.43. The monoisotopic (exact) mass is 191 g/mol. The number of hydrogen-bond donors (Lipinski definition) is 1. The summed E-state index contributed by atoms with van der Waals surface area (Å²) in [5.74, 6) is 0.870. The van der Waals surface area contributed by atoms with Crippen LogP contribution in [-0.4, -0.2) is 23.1 Å². The fraction of sp³-hybridized carbons (Fsp3) is 0.636. The minimum absolute atomic E-state index is 0.200. The molecule has 0 aromatic carbocycles. The van der Waals surface area contributed by atoms with Crippen LogP contribution in [0.5, 0.6) is 0 Å². The van der Waals surface area contributed by atoms with Crippen molar-refractivity contribution in [1.82, 2.24) is 15.3 Å². The molecule has 1 aliphatic rings. The molecular formula is C11H17N3. The highest BCUT2D eigenvalue weighted by Gasteiger charge is 2.29. The molecule has 0 aliphatic carbocycles. The first-order valence-electron chi connectivity index (χ1n) is 5.22. The van der Waals surface area contributed by atoms with E-state index in [1.165, 1.54) is 18.5 Å². The summed E-state index contributed by atoms with van der Waals surface area (Å²) >= 11 is 0. The van der Waals surface area contributed by atoms with Gasteiger partial charge in [0.25, 0.3) is 0 Å². The van der Waals surface area contributed by atoms with Crippen molar-refractivity contribution in [3.05, 3.63) is 23.8 Å². The highest BCUT2D eigenvalue weighted by molar-refractivity contribution is 5.16. The Labute approximate surface area is 85.0 Å². The molecule has 0 saturated carbocycles. The number of hydrogen-bond acceptors (Lipinski definition) is 3. The Morgan fingerprint density at radius 1 is 1.50 bits per heavy atom. The van der Waals surface area contributed by atoms with E-state index in [2.05, 4.69) is 22.2 Å². The van der Waals surface area contributed by atoms with Gasteiger partial charge in [-0.3, -0.25) is 0 Å². The van der Waals surface area contributed by atoms with E-state index in [1.807, 2.05) is 19.2 Å². The molecule has 1 atom stereocenters. The Hall–Kier alpha value is -0.960. The van der Waals surface area contributed by atoms with Gasteiger partial charge in [-0.2, -0.15) is 0 Å². The van der Waals surface area contributed by atoms with E-state index in [9.17, 15) is 0 Å². The summed E-state index contributed by atoms with van der Waals surface area (Å²) in [7, 11) is 0. The molecule has 2 heterocycles. The van der Waals surface area contributed by atoms with Crippen LogP contribution in [0.15, 0.2) is 12.3 Å². The number of nitrogens with zero attached hydrogens (tertiary/aromatic N) is 2. The first-order valence-corrected chi connectivity index (χ1v) is 5.22. The van der Waals surface area contributed by atoms with Crippen molar-refractivity contribution >= 4 is 0 Å². The fourth-order valence-corrected chi connectivity index (χ4v) is 2.07. The standard InChI is InChI=1S/C11H17N3/c1-9-13-7-4-10(14-9)11(2)5-3-6-12-8-11/h4,7,12H,3,5-6,8H2,1-2H3. The van der Waals surface area contributed by atoms with Gasteiger partial charge in [0, 0.05) is 18.2 Å². The van der Waals surface area contributed by atoms with Crippen LogP contribution in [0.3, 0.4) is 0 Å². The van der Waals surface area contributed by atoms with Crippen molar-refractivity contribution in [1.29, 1.82) is 0 Å². The van der Waals surface area contributed by atoms with Gasteiger partial charge < -0.3 is 5.32 Å². The van der Waals surface area contributed by atoms with E-state index in [1.54, 1.807) is 0 Å². The summed E-state index contributed by atoms with van der Waals surface area (Å²) in [5, 5.41) is 3.43. The van der Waals surface area contributed by atoms with Gasteiger partial charge >= 0.3 is 0 Å². The molecule has 1 aromatic heterocycles. The molecular weight excluding hydrogens is 174 g/mol. The van der Waals surface area contributed by atoms with Crippen LogP contribution in [-0.2, 0) is 5.41 Å². The number of rotatable bonds is 1. The Bertz CT molecular complexity index is 316. The van der Waals surface area contributed by atoms with Crippen LogP contribution < -0.4 is 5.32 Å². The van der Waals surface area contributed by atoms with Gasteiger partial charge in [0.2, 0.25) is 0 Å². The van der Waals surface area contributed by atoms with Gasteiger partial charge in [-0.15, -0.1) is 0 Å². The van der Waals surface area contributed by atoms with Crippen molar-refractivity contribution in [2.45, 2.75) is 32.1 Å². The Morgan fingerprint density at radius 2 is 2.36 bits per heavy atom. The van der Waals surface area contributed by atoms with Gasteiger partial charge in [0.05, 0.1) is 5.69 Å². The van der Waals surface area contributed by atoms with Crippen molar-refractivity contribution in [2.24, 2.45) is 0 Å². The number of aromatic nitrogens is 2. The lowest BCUT2D eigenvalue weighted by Crippen LogP contribution is -2.41. The molecule has 76 valence electrons. The van der Waals surface area contributed by atoms with Crippen molar-refractivity contribution < 1.29 is 0 Å². The normalized spacial score (nSPS) is 27.6. The quantitative estimate of drug-likeness (QED) is 0.729. The molecule has 1 fully saturated rings. The molecule has 1 aliphatic heterocycles. The third-order valence-corrected chi connectivity index (χ3v) is 2.99. The van der Waals surface area contributed by atoms with E-state index >= 15 is 0 Å². The predicted molar refractivity (Wildman–Crippen MR) is 56.2 cm³/mol. The van der Waals surface area contributed by atoms with Gasteiger partial charge in [-0.1, -0.05) is 6.92 Å². The summed E-state index contributed by atoms with van der Waals surface area (Å²) in [6.45, 7) is 6.40. The molecule has 14 heavy (non-hydrogen) atoms. The van der Waals surface area contributed by atoms with Crippen LogP contribution in [0.1, 0.15) is 31.3 Å². The molecule has 0 bridgehead atoms. The summed E-state index contributed by atoms with van der Waals surface area (Å²) in [6.07, 6.45) is 4.31. The van der Waals surface area contributed by atoms with E-state index < -0.39 is 0 Å². The highest BCUT2D eigenvalue weighted by atomic mass is 14.9. The lowest BCUT2D eigenvalue weighted by molar-refractivity contribution is 0.331. The zero-order valence-electron chi connectivity index (χ0n) is 8.88. The average Bonchev–Trinajstić information content (AvgIpc) is 2.19. The number of piperidine rings is 1. The molecule has 2 rings (SSSR count). The van der Waals surface area contributed by atoms with E-state index in [0.29, 0.717) is 0 Å². The molecule has 0 spiro atoms. The first kappa shape index (κ1) is 9.59. The van der Waals surface area contributed by atoms with Crippen LogP contribution >= 0.6 is 0 Å². The minimum Gasteiger partial charge on any atom is -0.316 e. The summed E-state index contributed by atoms with van der Waals surface area (Å²) in [5.41, 5.74) is 1.38. The first-order chi connectivity index (χ1) is 6.71. The van der Waals surface area contributed by atoms with Crippen LogP contribution in [0.4, 0.5) is 0 Å². The van der Waals surface area contributed by atoms with Crippen LogP contribution in [0.25, 0.3) is 0 Å². The van der Waals surface area contributed by atoms with Crippen molar-refractivity contribution in [3.63, 3.8) is 0 Å². The van der Waals surface area contributed by atoms with E-state index in [0.717, 1.165) is 18.9 Å². The maximum Gasteiger partial charge on any atom is 0.125 e. The Balaban J connectivity index is 2.28. The highest BCUT2D eigenvalue weighted by Crippen LogP contribution is 2.28. The smallest absolute Gasteiger partial charge is 0.125 e. The summed E-state index contributed by atoms with van der Waals surface area (Å²) in [6, 6.07) is 2.04. The average molecular weight is 191 g/mol. The van der Waals surface area contributed by atoms with E-state index in [-0.39, 0.29) is 5.41 Å². The van der Waals surface area contributed by atoms with Gasteiger partial charge in [0.1, 0.15) is 5.82 Å². The Kier molecular flexibility index (Phi) is 2.50. The molecule has 3 heteroatoms. The number of nitrogens with one attached hydrogen (secondary N) is 1. The lowest BCUT2D eigenvalue weighted by atomic mass is 9.79. The van der Waals surface area contributed by atoms with Gasteiger partial charge in [0.15, 0.2) is 0 Å². The topological polar surface area (TPSA) is 37.8 Å². The zero-order valence-corrected chi connectivity index (χ0v) is 8.88. The third kappa shape index (κ3) is 1.77. The second-order valence-corrected chi connectivity index (χ2v) is 4.33. The van der Waals surface area contributed by atoms with Crippen molar-refractivity contribution in [3.8, 4) is 0 Å².